The highest BCUT2D eigenvalue weighted by atomic mass is 16.5. The molecule has 0 aromatic heterocycles. The van der Waals surface area contributed by atoms with Crippen LogP contribution in [0.2, 0.25) is 0 Å². The van der Waals surface area contributed by atoms with Gasteiger partial charge >= 0.3 is 0 Å². The van der Waals surface area contributed by atoms with Gasteiger partial charge in [-0.1, -0.05) is 27.7 Å². The van der Waals surface area contributed by atoms with E-state index in [9.17, 15) is 19.8 Å². The van der Waals surface area contributed by atoms with Crippen LogP contribution >= 0.6 is 0 Å². The van der Waals surface area contributed by atoms with E-state index in [0.717, 1.165) is 0 Å². The van der Waals surface area contributed by atoms with Crippen LogP contribution in [0, 0.1) is 10.8 Å². The van der Waals surface area contributed by atoms with Gasteiger partial charge in [0.2, 0.25) is 0 Å². The molecule has 3 aliphatic rings. The van der Waals surface area contributed by atoms with E-state index >= 15 is 0 Å². The van der Waals surface area contributed by atoms with E-state index in [1.165, 1.54) is 18.2 Å². The first-order valence-corrected chi connectivity index (χ1v) is 9.70. The largest absolute Gasteiger partial charge is 0.508 e. The number of carbonyl (C=O) groups excluding carboxylic acids is 2. The first kappa shape index (κ1) is 18.8. The maximum Gasteiger partial charge on any atom is 0.163 e. The van der Waals surface area contributed by atoms with Crippen molar-refractivity contribution >= 4 is 11.6 Å². The Morgan fingerprint density at radius 1 is 0.857 bits per heavy atom. The normalized spacial score (nSPS) is 24.0. The Kier molecular flexibility index (Phi) is 4.00. The van der Waals surface area contributed by atoms with E-state index < -0.39 is 5.92 Å². The van der Waals surface area contributed by atoms with Gasteiger partial charge in [-0.3, -0.25) is 9.59 Å². The van der Waals surface area contributed by atoms with Crippen LogP contribution in [0.5, 0.6) is 11.5 Å². The zero-order chi connectivity index (χ0) is 20.4. The zero-order valence-electron chi connectivity index (χ0n) is 16.8. The SMILES string of the molecule is CC1(C)CC(=O)C2=C(C1)OC1=C(C(=O)CC(C)(C)C1)C2c1cc(O)ccc1O. The Bertz CT molecular complexity index is 909. The van der Waals surface area contributed by atoms with Gasteiger partial charge in [-0.2, -0.15) is 0 Å². The lowest BCUT2D eigenvalue weighted by Crippen LogP contribution is -2.37. The summed E-state index contributed by atoms with van der Waals surface area (Å²) in [5, 5.41) is 20.5. The summed E-state index contributed by atoms with van der Waals surface area (Å²) < 4.78 is 6.20. The molecule has 28 heavy (non-hydrogen) atoms. The quantitative estimate of drug-likeness (QED) is 0.699. The molecule has 1 heterocycles. The number of Topliss-reactive ketones (excluding diaryl/α,β-unsaturated/α-hetero) is 2. The maximum absolute atomic E-state index is 13.1. The van der Waals surface area contributed by atoms with Crippen molar-refractivity contribution in [2.24, 2.45) is 10.8 Å². The molecule has 0 spiro atoms. The van der Waals surface area contributed by atoms with Crippen molar-refractivity contribution in [3.63, 3.8) is 0 Å². The number of aromatic hydroxyl groups is 2. The van der Waals surface area contributed by atoms with Crippen LogP contribution < -0.4 is 0 Å². The standard InChI is InChI=1S/C23H26O5/c1-22(2)8-15(26)20-17(10-22)28-18-11-23(3,4)9-16(27)21(18)19(20)13-7-12(24)5-6-14(13)25/h5-7,19,24-25H,8-11H2,1-4H3. The average molecular weight is 382 g/mol. The molecule has 1 aromatic carbocycles. The minimum absolute atomic E-state index is 0.0178. The van der Waals surface area contributed by atoms with E-state index in [-0.39, 0.29) is 33.9 Å². The van der Waals surface area contributed by atoms with E-state index in [1.807, 2.05) is 27.7 Å². The van der Waals surface area contributed by atoms with Crippen LogP contribution in [0.15, 0.2) is 40.9 Å². The second-order valence-electron chi connectivity index (χ2n) is 9.83. The van der Waals surface area contributed by atoms with Gasteiger partial charge < -0.3 is 14.9 Å². The van der Waals surface area contributed by atoms with Crippen LogP contribution in [0.3, 0.4) is 0 Å². The highest BCUT2D eigenvalue weighted by Gasteiger charge is 2.48. The Morgan fingerprint density at radius 2 is 1.36 bits per heavy atom. The van der Waals surface area contributed by atoms with Crippen molar-refractivity contribution in [1.82, 2.24) is 0 Å². The number of carbonyl (C=O) groups is 2. The summed E-state index contributed by atoms with van der Waals surface area (Å²) in [5.41, 5.74) is 0.824. The van der Waals surface area contributed by atoms with E-state index in [2.05, 4.69) is 0 Å². The molecule has 5 nitrogen and oxygen atoms in total. The lowest BCUT2D eigenvalue weighted by Gasteiger charge is -2.42. The van der Waals surface area contributed by atoms with Gasteiger partial charge in [-0.25, -0.2) is 0 Å². The third-order valence-electron chi connectivity index (χ3n) is 5.90. The zero-order valence-corrected chi connectivity index (χ0v) is 16.8. The molecule has 0 atom stereocenters. The molecule has 1 aromatic rings. The molecule has 0 fully saturated rings. The smallest absolute Gasteiger partial charge is 0.163 e. The van der Waals surface area contributed by atoms with Crippen molar-refractivity contribution in [2.75, 3.05) is 0 Å². The fraction of sp³-hybridized carbons (Fsp3) is 0.478. The van der Waals surface area contributed by atoms with Crippen LogP contribution in [0.1, 0.15) is 64.9 Å². The molecule has 5 heteroatoms. The summed E-state index contributed by atoms with van der Waals surface area (Å²) in [6, 6.07) is 4.23. The third kappa shape index (κ3) is 3.03. The lowest BCUT2D eigenvalue weighted by molar-refractivity contribution is -0.120. The monoisotopic (exact) mass is 382 g/mol. The van der Waals surface area contributed by atoms with Crippen molar-refractivity contribution in [1.29, 1.82) is 0 Å². The van der Waals surface area contributed by atoms with Crippen molar-refractivity contribution in [3.05, 3.63) is 46.4 Å². The minimum Gasteiger partial charge on any atom is -0.508 e. The van der Waals surface area contributed by atoms with Gasteiger partial charge in [0.15, 0.2) is 11.6 Å². The molecule has 0 amide bonds. The topological polar surface area (TPSA) is 83.8 Å². The molecule has 0 radical (unpaired) electrons. The fourth-order valence-electron chi connectivity index (χ4n) is 4.76. The molecule has 2 aliphatic carbocycles. The molecular formula is C23H26O5. The molecule has 0 bridgehead atoms. The fourth-order valence-corrected chi connectivity index (χ4v) is 4.76. The number of ether oxygens (including phenoxy) is 1. The number of phenols is 2. The van der Waals surface area contributed by atoms with Gasteiger partial charge in [-0.15, -0.1) is 0 Å². The van der Waals surface area contributed by atoms with Crippen LogP contribution in [0.4, 0.5) is 0 Å². The number of benzene rings is 1. The van der Waals surface area contributed by atoms with Gasteiger partial charge in [0.25, 0.3) is 0 Å². The lowest BCUT2D eigenvalue weighted by atomic mass is 9.65. The second kappa shape index (κ2) is 5.97. The maximum atomic E-state index is 13.1. The van der Waals surface area contributed by atoms with Crippen LogP contribution in [0.25, 0.3) is 0 Å². The third-order valence-corrected chi connectivity index (χ3v) is 5.90. The van der Waals surface area contributed by atoms with Crippen molar-refractivity contribution in [2.45, 2.75) is 59.3 Å². The first-order valence-electron chi connectivity index (χ1n) is 9.70. The van der Waals surface area contributed by atoms with Gasteiger partial charge in [-0.05, 0) is 29.0 Å². The first-order chi connectivity index (χ1) is 13.0. The summed E-state index contributed by atoms with van der Waals surface area (Å²) >= 11 is 0. The molecule has 2 N–H and O–H groups in total. The van der Waals surface area contributed by atoms with E-state index in [4.69, 9.17) is 4.74 Å². The van der Waals surface area contributed by atoms with Crippen LogP contribution in [-0.4, -0.2) is 21.8 Å². The summed E-state index contributed by atoms with van der Waals surface area (Å²) in [6.07, 6.45) is 1.90. The highest BCUT2D eigenvalue weighted by Crippen LogP contribution is 2.54. The summed E-state index contributed by atoms with van der Waals surface area (Å²) in [6.45, 7) is 8.11. The van der Waals surface area contributed by atoms with E-state index in [0.29, 0.717) is 53.9 Å². The van der Waals surface area contributed by atoms with E-state index in [1.54, 1.807) is 0 Å². The van der Waals surface area contributed by atoms with Gasteiger partial charge in [0, 0.05) is 42.4 Å². The summed E-state index contributed by atoms with van der Waals surface area (Å²) in [4.78, 5) is 26.2. The Balaban J connectivity index is 1.96. The predicted octanol–water partition coefficient (Wildman–Crippen LogP) is 4.50. The number of rotatable bonds is 1. The number of allylic oxidation sites excluding steroid dienone is 4. The molecule has 1 aliphatic heterocycles. The van der Waals surface area contributed by atoms with Gasteiger partial charge in [0.05, 0.1) is 5.92 Å². The summed E-state index contributed by atoms with van der Waals surface area (Å²) in [5.74, 6) is 0.301. The minimum atomic E-state index is -0.696. The predicted molar refractivity (Wildman–Crippen MR) is 104 cm³/mol. The number of hydrogen-bond acceptors (Lipinski definition) is 5. The molecule has 4 rings (SSSR count). The molecule has 0 saturated carbocycles. The Labute approximate surface area is 164 Å². The highest BCUT2D eigenvalue weighted by molar-refractivity contribution is 6.06. The number of hydrogen-bond donors (Lipinski definition) is 2. The Morgan fingerprint density at radius 3 is 1.86 bits per heavy atom. The van der Waals surface area contributed by atoms with Crippen molar-refractivity contribution in [3.8, 4) is 11.5 Å². The van der Waals surface area contributed by atoms with Gasteiger partial charge in [0.1, 0.15) is 23.0 Å². The Hall–Kier alpha value is -2.56. The van der Waals surface area contributed by atoms with Crippen LogP contribution in [-0.2, 0) is 14.3 Å². The van der Waals surface area contributed by atoms with Crippen molar-refractivity contribution < 1.29 is 24.5 Å². The summed E-state index contributed by atoms with van der Waals surface area (Å²) in [7, 11) is 0. The number of ketones is 2. The number of phenolic OH excluding ortho intramolecular Hbond substituents is 2. The molecule has 0 unspecified atom stereocenters. The molecule has 148 valence electrons. The average Bonchev–Trinajstić information content (AvgIpc) is 2.52. The second-order valence-corrected chi connectivity index (χ2v) is 9.83. The molecule has 0 saturated heterocycles. The molecular weight excluding hydrogens is 356 g/mol.